The van der Waals surface area contributed by atoms with E-state index in [1.807, 2.05) is 59.4 Å². The van der Waals surface area contributed by atoms with Crippen LogP contribution in [-0.2, 0) is 6.61 Å². The molecule has 0 spiro atoms. The molecule has 0 amide bonds. The first-order valence-corrected chi connectivity index (χ1v) is 9.90. The highest BCUT2D eigenvalue weighted by atomic mass is 16.5. The lowest BCUT2D eigenvalue weighted by atomic mass is 9.98. The van der Waals surface area contributed by atoms with E-state index in [1.165, 1.54) is 0 Å². The predicted octanol–water partition coefficient (Wildman–Crippen LogP) is 4.51. The fourth-order valence-electron chi connectivity index (χ4n) is 3.38. The van der Waals surface area contributed by atoms with E-state index in [1.54, 1.807) is 36.8 Å². The topological polar surface area (TPSA) is 66.2 Å². The van der Waals surface area contributed by atoms with Crippen LogP contribution in [0.2, 0.25) is 0 Å². The second-order valence-electron chi connectivity index (χ2n) is 7.14. The molecule has 1 aliphatic rings. The van der Waals surface area contributed by atoms with Crippen LogP contribution in [-0.4, -0.2) is 27.2 Å². The smallest absolute Gasteiger partial charge is 0.196 e. The number of aromatic nitrogens is 3. The highest BCUT2D eigenvalue weighted by Crippen LogP contribution is 2.32. The lowest BCUT2D eigenvalue weighted by Gasteiger charge is -2.19. The second-order valence-corrected chi connectivity index (χ2v) is 7.14. The van der Waals surface area contributed by atoms with E-state index in [4.69, 9.17) is 9.47 Å². The standard InChI is InChI=1S/C25H19N3O3/c29-25-20(12-18-8-10-26-11-9-18)17-31-24-13-22(6-7-23(24)25)30-16-19-14-27-28(15-19)21-4-2-1-3-5-21/h1-15H,16-17H2/b20-12+. The summed E-state index contributed by atoms with van der Waals surface area (Å²) in [5.41, 5.74) is 4.00. The van der Waals surface area contributed by atoms with Gasteiger partial charge in [-0.1, -0.05) is 18.2 Å². The molecular weight excluding hydrogens is 390 g/mol. The lowest BCUT2D eigenvalue weighted by molar-refractivity contribution is 0.100. The second kappa shape index (κ2) is 8.28. The molecule has 152 valence electrons. The summed E-state index contributed by atoms with van der Waals surface area (Å²) in [6, 6.07) is 18.9. The van der Waals surface area contributed by atoms with E-state index < -0.39 is 0 Å². The number of ketones is 1. The Hall–Kier alpha value is -4.19. The van der Waals surface area contributed by atoms with Crippen molar-refractivity contribution >= 4 is 11.9 Å². The van der Waals surface area contributed by atoms with E-state index in [2.05, 4.69) is 10.1 Å². The summed E-state index contributed by atoms with van der Waals surface area (Å²) in [6.45, 7) is 0.591. The zero-order valence-corrected chi connectivity index (χ0v) is 16.6. The average molecular weight is 409 g/mol. The summed E-state index contributed by atoms with van der Waals surface area (Å²) >= 11 is 0. The predicted molar refractivity (Wildman–Crippen MR) is 116 cm³/mol. The molecule has 0 bridgehead atoms. The molecule has 31 heavy (non-hydrogen) atoms. The summed E-state index contributed by atoms with van der Waals surface area (Å²) in [5.74, 6) is 1.14. The number of rotatable bonds is 5. The molecule has 6 nitrogen and oxygen atoms in total. The number of benzene rings is 2. The van der Waals surface area contributed by atoms with Crippen molar-refractivity contribution in [2.75, 3.05) is 6.61 Å². The number of para-hydroxylation sites is 1. The fraction of sp³-hybridized carbons (Fsp3) is 0.0800. The minimum atomic E-state index is -0.0336. The Morgan fingerprint density at radius 1 is 1.06 bits per heavy atom. The lowest BCUT2D eigenvalue weighted by Crippen LogP contribution is -2.19. The maximum atomic E-state index is 12.8. The van der Waals surface area contributed by atoms with Gasteiger partial charge in [0.1, 0.15) is 24.7 Å². The third-order valence-corrected chi connectivity index (χ3v) is 4.98. The molecule has 0 unspecified atom stereocenters. The van der Waals surface area contributed by atoms with Crippen molar-refractivity contribution in [1.82, 2.24) is 14.8 Å². The molecule has 5 rings (SSSR count). The summed E-state index contributed by atoms with van der Waals surface area (Å²) in [4.78, 5) is 16.8. The molecule has 2 aromatic heterocycles. The van der Waals surface area contributed by atoms with Gasteiger partial charge in [-0.15, -0.1) is 0 Å². The number of fused-ring (bicyclic) bond motifs is 1. The maximum Gasteiger partial charge on any atom is 0.196 e. The SMILES string of the molecule is O=C1/C(=C/c2ccncc2)COc2cc(OCc3cnn(-c4ccccc4)c3)ccc21. The first-order valence-electron chi connectivity index (χ1n) is 9.90. The summed E-state index contributed by atoms with van der Waals surface area (Å²) in [6.07, 6.45) is 8.94. The number of hydrogen-bond donors (Lipinski definition) is 0. The third-order valence-electron chi connectivity index (χ3n) is 4.98. The molecule has 0 aliphatic carbocycles. The number of carbonyl (C=O) groups excluding carboxylic acids is 1. The first kappa shape index (κ1) is 18.8. The Bertz CT molecular complexity index is 1250. The molecule has 0 radical (unpaired) electrons. The molecule has 3 heterocycles. The molecule has 0 saturated carbocycles. The first-order chi connectivity index (χ1) is 15.3. The Morgan fingerprint density at radius 2 is 1.90 bits per heavy atom. The van der Waals surface area contributed by atoms with Crippen LogP contribution < -0.4 is 9.47 Å². The molecule has 6 heteroatoms. The summed E-state index contributed by atoms with van der Waals surface area (Å²) in [5, 5.41) is 4.38. The van der Waals surface area contributed by atoms with E-state index in [-0.39, 0.29) is 12.4 Å². The van der Waals surface area contributed by atoms with E-state index >= 15 is 0 Å². The van der Waals surface area contributed by atoms with Crippen LogP contribution in [0.15, 0.2) is 91.0 Å². The molecule has 0 N–H and O–H groups in total. The van der Waals surface area contributed by atoms with Gasteiger partial charge in [0.15, 0.2) is 5.78 Å². The average Bonchev–Trinajstić information content (AvgIpc) is 3.30. The van der Waals surface area contributed by atoms with Gasteiger partial charge in [0.2, 0.25) is 0 Å². The number of hydrogen-bond acceptors (Lipinski definition) is 5. The van der Waals surface area contributed by atoms with Crippen molar-refractivity contribution in [3.05, 3.63) is 108 Å². The molecule has 2 aromatic carbocycles. The van der Waals surface area contributed by atoms with Gasteiger partial charge in [0.25, 0.3) is 0 Å². The van der Waals surface area contributed by atoms with E-state index in [0.29, 0.717) is 29.2 Å². The van der Waals surface area contributed by atoms with Gasteiger partial charge in [-0.3, -0.25) is 9.78 Å². The molecule has 0 atom stereocenters. The van der Waals surface area contributed by atoms with Gasteiger partial charge < -0.3 is 9.47 Å². The van der Waals surface area contributed by atoms with Crippen molar-refractivity contribution in [3.63, 3.8) is 0 Å². The highest BCUT2D eigenvalue weighted by molar-refractivity contribution is 6.14. The normalized spacial score (nSPS) is 14.2. The van der Waals surface area contributed by atoms with Crippen LogP contribution in [0, 0.1) is 0 Å². The Kier molecular flexibility index (Phi) is 5.02. The van der Waals surface area contributed by atoms with Gasteiger partial charge in [-0.2, -0.15) is 5.10 Å². The van der Waals surface area contributed by atoms with Gasteiger partial charge in [0.05, 0.1) is 17.4 Å². The zero-order chi connectivity index (χ0) is 21.0. The molecular formula is C25H19N3O3. The summed E-state index contributed by atoms with van der Waals surface area (Å²) < 4.78 is 13.5. The minimum absolute atomic E-state index is 0.0336. The number of carbonyl (C=O) groups is 1. The Labute approximate surface area is 179 Å². The number of nitrogens with zero attached hydrogens (tertiary/aromatic N) is 3. The van der Waals surface area contributed by atoms with Crippen LogP contribution in [0.3, 0.4) is 0 Å². The van der Waals surface area contributed by atoms with Gasteiger partial charge >= 0.3 is 0 Å². The molecule has 0 saturated heterocycles. The molecule has 1 aliphatic heterocycles. The zero-order valence-electron chi connectivity index (χ0n) is 16.6. The van der Waals surface area contributed by atoms with Crippen LogP contribution in [0.5, 0.6) is 11.5 Å². The number of Topliss-reactive ketones (excluding diaryl/α,β-unsaturated/α-hetero) is 1. The van der Waals surface area contributed by atoms with Gasteiger partial charge in [-0.05, 0) is 48.0 Å². The fourth-order valence-corrected chi connectivity index (χ4v) is 3.38. The Morgan fingerprint density at radius 3 is 2.74 bits per heavy atom. The highest BCUT2D eigenvalue weighted by Gasteiger charge is 2.23. The van der Waals surface area contributed by atoms with E-state index in [9.17, 15) is 4.79 Å². The van der Waals surface area contributed by atoms with E-state index in [0.717, 1.165) is 16.8 Å². The van der Waals surface area contributed by atoms with Crippen LogP contribution >= 0.6 is 0 Å². The maximum absolute atomic E-state index is 12.8. The van der Waals surface area contributed by atoms with Crippen molar-refractivity contribution in [1.29, 1.82) is 0 Å². The molecule has 0 fully saturated rings. The molecule has 4 aromatic rings. The monoisotopic (exact) mass is 409 g/mol. The Balaban J connectivity index is 1.28. The minimum Gasteiger partial charge on any atom is -0.489 e. The van der Waals surface area contributed by atoms with Crippen LogP contribution in [0.1, 0.15) is 21.5 Å². The van der Waals surface area contributed by atoms with Crippen LogP contribution in [0.25, 0.3) is 11.8 Å². The van der Waals surface area contributed by atoms with Crippen molar-refractivity contribution < 1.29 is 14.3 Å². The van der Waals surface area contributed by atoms with Gasteiger partial charge in [0, 0.05) is 35.8 Å². The number of ether oxygens (including phenoxy) is 2. The third kappa shape index (κ3) is 4.09. The largest absolute Gasteiger partial charge is 0.489 e. The van der Waals surface area contributed by atoms with Gasteiger partial charge in [-0.25, -0.2) is 4.68 Å². The van der Waals surface area contributed by atoms with Crippen LogP contribution in [0.4, 0.5) is 0 Å². The van der Waals surface area contributed by atoms with Crippen molar-refractivity contribution in [2.24, 2.45) is 0 Å². The quantitative estimate of drug-likeness (QED) is 0.454. The number of pyridine rings is 1. The summed E-state index contributed by atoms with van der Waals surface area (Å²) in [7, 11) is 0. The van der Waals surface area contributed by atoms with Crippen molar-refractivity contribution in [3.8, 4) is 17.2 Å². The van der Waals surface area contributed by atoms with Crippen molar-refractivity contribution in [2.45, 2.75) is 6.61 Å².